The number of hydrogen-bond donors (Lipinski definition) is 1. The van der Waals surface area contributed by atoms with Crippen LogP contribution >= 0.6 is 0 Å². The van der Waals surface area contributed by atoms with Gasteiger partial charge in [0.15, 0.2) is 0 Å². The molecule has 0 aliphatic carbocycles. The van der Waals surface area contributed by atoms with Crippen molar-refractivity contribution in [2.45, 2.75) is 53.2 Å². The van der Waals surface area contributed by atoms with E-state index in [0.29, 0.717) is 12.3 Å². The van der Waals surface area contributed by atoms with Crippen molar-refractivity contribution in [3.8, 4) is 0 Å². The second-order valence-electron chi connectivity index (χ2n) is 4.10. The van der Waals surface area contributed by atoms with Crippen LogP contribution in [0.1, 0.15) is 41.0 Å². The molecule has 0 bridgehead atoms. The van der Waals surface area contributed by atoms with E-state index in [1.54, 1.807) is 0 Å². The molecule has 0 aromatic carbocycles. The first kappa shape index (κ1) is 13.4. The zero-order valence-corrected chi connectivity index (χ0v) is 9.96. The first-order chi connectivity index (χ1) is 6.47. The highest BCUT2D eigenvalue weighted by molar-refractivity contribution is 5.70. The van der Waals surface area contributed by atoms with E-state index in [2.05, 4.69) is 5.32 Å². The van der Waals surface area contributed by atoms with Crippen molar-refractivity contribution in [1.29, 1.82) is 0 Å². The average Bonchev–Trinajstić information content (AvgIpc) is 2.03. The molecule has 0 rings (SSSR count). The third-order valence-corrected chi connectivity index (χ3v) is 2.28. The van der Waals surface area contributed by atoms with Gasteiger partial charge in [-0.2, -0.15) is 0 Å². The van der Waals surface area contributed by atoms with Crippen LogP contribution in [-0.4, -0.2) is 24.7 Å². The van der Waals surface area contributed by atoms with E-state index in [1.807, 2.05) is 34.6 Å². The summed E-state index contributed by atoms with van der Waals surface area (Å²) in [6, 6.07) is 0.201. The minimum atomic E-state index is -0.111. The summed E-state index contributed by atoms with van der Waals surface area (Å²) in [5.74, 6) is 0.271. The van der Waals surface area contributed by atoms with Gasteiger partial charge in [-0.1, -0.05) is 20.8 Å². The average molecular weight is 201 g/mol. The van der Waals surface area contributed by atoms with E-state index in [4.69, 9.17) is 4.74 Å². The summed E-state index contributed by atoms with van der Waals surface area (Å²) in [6.45, 7) is 10.9. The van der Waals surface area contributed by atoms with Crippen LogP contribution < -0.4 is 5.32 Å². The van der Waals surface area contributed by atoms with Crippen LogP contribution in [0.5, 0.6) is 0 Å². The molecule has 0 fully saturated rings. The minimum absolute atomic E-state index is 0.0105. The first-order valence-corrected chi connectivity index (χ1v) is 5.40. The molecule has 2 unspecified atom stereocenters. The molecule has 84 valence electrons. The summed E-state index contributed by atoms with van der Waals surface area (Å²) < 4.78 is 5.25. The smallest absolute Gasteiger partial charge is 0.307 e. The van der Waals surface area contributed by atoms with Gasteiger partial charge < -0.3 is 10.1 Å². The predicted molar refractivity (Wildman–Crippen MR) is 58.1 cm³/mol. The van der Waals surface area contributed by atoms with Gasteiger partial charge in [-0.15, -0.1) is 0 Å². The molecule has 0 aliphatic rings. The zero-order valence-electron chi connectivity index (χ0n) is 9.96. The Balaban J connectivity index is 3.75. The molecule has 0 aromatic rings. The molecule has 0 amide bonds. The van der Waals surface area contributed by atoms with Crippen LogP contribution in [-0.2, 0) is 9.53 Å². The van der Waals surface area contributed by atoms with E-state index < -0.39 is 0 Å². The van der Waals surface area contributed by atoms with Crippen LogP contribution in [0.3, 0.4) is 0 Å². The SMILES string of the molecule is CCNC(C)CC(=O)OC(C)C(C)C. The summed E-state index contributed by atoms with van der Waals surface area (Å²) in [7, 11) is 0. The molecular weight excluding hydrogens is 178 g/mol. The van der Waals surface area contributed by atoms with Crippen LogP contribution in [0.15, 0.2) is 0 Å². The second kappa shape index (κ2) is 6.82. The molecule has 3 nitrogen and oxygen atoms in total. The monoisotopic (exact) mass is 201 g/mol. The van der Waals surface area contributed by atoms with Gasteiger partial charge in [0.25, 0.3) is 0 Å². The number of esters is 1. The highest BCUT2D eigenvalue weighted by atomic mass is 16.5. The van der Waals surface area contributed by atoms with Crippen molar-refractivity contribution >= 4 is 5.97 Å². The summed E-state index contributed by atoms with van der Waals surface area (Å²) >= 11 is 0. The van der Waals surface area contributed by atoms with Crippen LogP contribution in [0.25, 0.3) is 0 Å². The number of carbonyl (C=O) groups is 1. The lowest BCUT2D eigenvalue weighted by atomic mass is 10.1. The summed E-state index contributed by atoms with van der Waals surface area (Å²) in [5.41, 5.74) is 0. The van der Waals surface area contributed by atoms with Crippen molar-refractivity contribution in [1.82, 2.24) is 5.32 Å². The van der Waals surface area contributed by atoms with Gasteiger partial charge in [-0.3, -0.25) is 4.79 Å². The Bertz CT molecular complexity index is 169. The van der Waals surface area contributed by atoms with E-state index in [-0.39, 0.29) is 18.1 Å². The fourth-order valence-corrected chi connectivity index (χ4v) is 1.06. The fourth-order valence-electron chi connectivity index (χ4n) is 1.06. The summed E-state index contributed by atoms with van der Waals surface area (Å²) in [6.07, 6.45) is 0.460. The number of rotatable bonds is 6. The lowest BCUT2D eigenvalue weighted by molar-refractivity contribution is -0.150. The number of hydrogen-bond acceptors (Lipinski definition) is 3. The van der Waals surface area contributed by atoms with Gasteiger partial charge in [0.1, 0.15) is 6.10 Å². The van der Waals surface area contributed by atoms with Gasteiger partial charge >= 0.3 is 5.97 Å². The molecule has 0 saturated carbocycles. The minimum Gasteiger partial charge on any atom is -0.462 e. The van der Waals surface area contributed by atoms with Crippen molar-refractivity contribution in [3.05, 3.63) is 0 Å². The Morgan fingerprint density at radius 3 is 2.29 bits per heavy atom. The van der Waals surface area contributed by atoms with Crippen molar-refractivity contribution in [3.63, 3.8) is 0 Å². The highest BCUT2D eigenvalue weighted by Crippen LogP contribution is 2.07. The maximum Gasteiger partial charge on any atom is 0.307 e. The van der Waals surface area contributed by atoms with Gasteiger partial charge in [-0.25, -0.2) is 0 Å². The van der Waals surface area contributed by atoms with Gasteiger partial charge in [0.05, 0.1) is 6.42 Å². The van der Waals surface area contributed by atoms with Crippen molar-refractivity contribution in [2.75, 3.05) is 6.54 Å². The van der Waals surface area contributed by atoms with E-state index in [9.17, 15) is 4.79 Å². The molecule has 2 atom stereocenters. The molecule has 0 spiro atoms. The lowest BCUT2D eigenvalue weighted by Crippen LogP contribution is -2.30. The van der Waals surface area contributed by atoms with Crippen molar-refractivity contribution in [2.24, 2.45) is 5.92 Å². The van der Waals surface area contributed by atoms with Crippen LogP contribution in [0.4, 0.5) is 0 Å². The molecular formula is C11H23NO2. The molecule has 0 saturated heterocycles. The summed E-state index contributed by atoms with van der Waals surface area (Å²) in [5, 5.41) is 3.18. The predicted octanol–water partition coefficient (Wildman–Crippen LogP) is 1.96. The normalized spacial score (nSPS) is 15.3. The quantitative estimate of drug-likeness (QED) is 0.668. The molecule has 3 heteroatoms. The maximum absolute atomic E-state index is 11.4. The van der Waals surface area contributed by atoms with Crippen LogP contribution in [0, 0.1) is 5.92 Å². The standard InChI is InChI=1S/C11H23NO2/c1-6-12-9(4)7-11(13)14-10(5)8(2)3/h8-10,12H,6-7H2,1-5H3. The Morgan fingerprint density at radius 1 is 1.29 bits per heavy atom. The largest absolute Gasteiger partial charge is 0.462 e. The third-order valence-electron chi connectivity index (χ3n) is 2.28. The zero-order chi connectivity index (χ0) is 11.1. The van der Waals surface area contributed by atoms with Crippen molar-refractivity contribution < 1.29 is 9.53 Å². The Hall–Kier alpha value is -0.570. The molecule has 0 heterocycles. The molecule has 14 heavy (non-hydrogen) atoms. The number of ether oxygens (including phenoxy) is 1. The molecule has 1 N–H and O–H groups in total. The Morgan fingerprint density at radius 2 is 1.86 bits per heavy atom. The van der Waals surface area contributed by atoms with Gasteiger partial charge in [-0.05, 0) is 26.3 Å². The Kier molecular flexibility index (Phi) is 6.54. The summed E-state index contributed by atoms with van der Waals surface area (Å²) in [4.78, 5) is 11.4. The maximum atomic E-state index is 11.4. The molecule has 0 aliphatic heterocycles. The van der Waals surface area contributed by atoms with Crippen LogP contribution in [0.2, 0.25) is 0 Å². The van der Waals surface area contributed by atoms with E-state index >= 15 is 0 Å². The number of carbonyl (C=O) groups excluding carboxylic acids is 1. The Labute approximate surface area is 87.2 Å². The first-order valence-electron chi connectivity index (χ1n) is 5.40. The molecule has 0 aromatic heterocycles. The van der Waals surface area contributed by atoms with Gasteiger partial charge in [0.2, 0.25) is 0 Å². The van der Waals surface area contributed by atoms with E-state index in [1.165, 1.54) is 0 Å². The lowest BCUT2D eigenvalue weighted by Gasteiger charge is -2.18. The second-order valence-corrected chi connectivity index (χ2v) is 4.10. The third kappa shape index (κ3) is 5.97. The topological polar surface area (TPSA) is 38.3 Å². The number of nitrogens with one attached hydrogen (secondary N) is 1. The molecule has 0 radical (unpaired) electrons. The fraction of sp³-hybridized carbons (Fsp3) is 0.909. The van der Waals surface area contributed by atoms with E-state index in [0.717, 1.165) is 6.54 Å². The van der Waals surface area contributed by atoms with Gasteiger partial charge in [0, 0.05) is 6.04 Å². The highest BCUT2D eigenvalue weighted by Gasteiger charge is 2.14.